The number of nitrogens with one attached hydrogen (secondary N) is 2. The molecule has 5 amide bonds. The van der Waals surface area contributed by atoms with Gasteiger partial charge < -0.3 is 14.8 Å². The van der Waals surface area contributed by atoms with Crippen LogP contribution in [0.3, 0.4) is 0 Å². The summed E-state index contributed by atoms with van der Waals surface area (Å²) in [6.07, 6.45) is 1.33. The standard InChI is InChI=1S/C28H23BrClN3O6/c1-15-6-4-9-22(16(15)2)31-24(34)14-39-25-21(29)11-17(12-23(25)38-3)10-20-26(35)32-28(37)33(27(20)36)19-8-5-7-18(30)13-19/h4-13H,14H2,1-3H3,(H,31,34)(H,32,35,37)/b20-10+. The number of halogens is 2. The van der Waals surface area contributed by atoms with Gasteiger partial charge in [-0.05, 0) is 88.9 Å². The minimum Gasteiger partial charge on any atom is -0.493 e. The largest absolute Gasteiger partial charge is 0.493 e. The van der Waals surface area contributed by atoms with E-state index in [1.165, 1.54) is 31.4 Å². The van der Waals surface area contributed by atoms with Crippen LogP contribution in [0.15, 0.2) is 64.6 Å². The zero-order valence-electron chi connectivity index (χ0n) is 21.1. The van der Waals surface area contributed by atoms with Crippen molar-refractivity contribution in [1.82, 2.24) is 5.32 Å². The molecule has 0 spiro atoms. The molecule has 0 unspecified atom stereocenters. The number of ether oxygens (including phenoxy) is 2. The van der Waals surface area contributed by atoms with E-state index in [0.29, 0.717) is 20.7 Å². The summed E-state index contributed by atoms with van der Waals surface area (Å²) in [6.45, 7) is 3.58. The van der Waals surface area contributed by atoms with E-state index in [-0.39, 0.29) is 35.3 Å². The molecule has 9 nitrogen and oxygen atoms in total. The summed E-state index contributed by atoms with van der Waals surface area (Å²) in [5.74, 6) is -1.52. The van der Waals surface area contributed by atoms with Crippen molar-refractivity contribution in [2.24, 2.45) is 0 Å². The first-order chi connectivity index (χ1) is 18.6. The van der Waals surface area contributed by atoms with E-state index in [2.05, 4.69) is 26.6 Å². The third kappa shape index (κ3) is 6.13. The average Bonchev–Trinajstić information content (AvgIpc) is 2.88. The second-order valence-corrected chi connectivity index (χ2v) is 9.85. The fourth-order valence-electron chi connectivity index (χ4n) is 3.85. The van der Waals surface area contributed by atoms with Crippen LogP contribution in [0.5, 0.6) is 11.5 Å². The van der Waals surface area contributed by atoms with Gasteiger partial charge in [-0.1, -0.05) is 29.8 Å². The van der Waals surface area contributed by atoms with Crippen molar-refractivity contribution >= 4 is 68.7 Å². The third-order valence-corrected chi connectivity index (χ3v) is 6.78. The van der Waals surface area contributed by atoms with Crippen LogP contribution in [-0.4, -0.2) is 37.5 Å². The van der Waals surface area contributed by atoms with E-state index in [0.717, 1.165) is 16.0 Å². The number of nitrogens with zero attached hydrogens (tertiary/aromatic N) is 1. The molecule has 3 aromatic carbocycles. The van der Waals surface area contributed by atoms with Crippen LogP contribution in [0.1, 0.15) is 16.7 Å². The fraction of sp³-hybridized carbons (Fsp3) is 0.143. The van der Waals surface area contributed by atoms with Crippen molar-refractivity contribution in [3.05, 3.63) is 86.4 Å². The SMILES string of the molecule is COc1cc(/C=C2\C(=O)NC(=O)N(c3cccc(Cl)c3)C2=O)cc(Br)c1OCC(=O)Nc1cccc(C)c1C. The molecule has 1 aliphatic heterocycles. The molecule has 0 radical (unpaired) electrons. The summed E-state index contributed by atoms with van der Waals surface area (Å²) in [5, 5.41) is 5.31. The number of barbiturate groups is 1. The Morgan fingerprint density at radius 2 is 1.85 bits per heavy atom. The third-order valence-electron chi connectivity index (χ3n) is 5.96. The van der Waals surface area contributed by atoms with E-state index in [1.54, 1.807) is 18.2 Å². The van der Waals surface area contributed by atoms with E-state index < -0.39 is 17.8 Å². The fourth-order valence-corrected chi connectivity index (χ4v) is 4.61. The zero-order valence-corrected chi connectivity index (χ0v) is 23.5. The predicted molar refractivity (Wildman–Crippen MR) is 151 cm³/mol. The van der Waals surface area contributed by atoms with Gasteiger partial charge in [-0.2, -0.15) is 0 Å². The Labute approximate surface area is 237 Å². The molecule has 0 aromatic heterocycles. The van der Waals surface area contributed by atoms with Gasteiger partial charge in [-0.3, -0.25) is 19.7 Å². The molecule has 3 aromatic rings. The van der Waals surface area contributed by atoms with Gasteiger partial charge >= 0.3 is 6.03 Å². The lowest BCUT2D eigenvalue weighted by Crippen LogP contribution is -2.54. The Bertz CT molecular complexity index is 1540. The normalized spacial score (nSPS) is 14.3. The van der Waals surface area contributed by atoms with E-state index in [9.17, 15) is 19.2 Å². The lowest BCUT2D eigenvalue weighted by molar-refractivity contribution is -0.122. The average molecular weight is 613 g/mol. The number of amides is 5. The van der Waals surface area contributed by atoms with Crippen LogP contribution in [0, 0.1) is 13.8 Å². The maximum Gasteiger partial charge on any atom is 0.335 e. The van der Waals surface area contributed by atoms with Crippen molar-refractivity contribution in [3.8, 4) is 11.5 Å². The molecule has 1 fully saturated rings. The number of hydrogen-bond acceptors (Lipinski definition) is 6. The molecular weight excluding hydrogens is 590 g/mol. The number of rotatable bonds is 7. The van der Waals surface area contributed by atoms with Crippen molar-refractivity contribution in [1.29, 1.82) is 0 Å². The van der Waals surface area contributed by atoms with Crippen molar-refractivity contribution in [3.63, 3.8) is 0 Å². The number of benzene rings is 3. The van der Waals surface area contributed by atoms with E-state index >= 15 is 0 Å². The van der Waals surface area contributed by atoms with Gasteiger partial charge in [-0.25, -0.2) is 9.69 Å². The molecule has 200 valence electrons. The zero-order chi connectivity index (χ0) is 28.3. The number of imide groups is 2. The van der Waals surface area contributed by atoms with Crippen molar-refractivity contribution in [2.75, 3.05) is 23.9 Å². The van der Waals surface area contributed by atoms with Crippen LogP contribution >= 0.6 is 27.5 Å². The Hall–Kier alpha value is -4.15. The smallest absolute Gasteiger partial charge is 0.335 e. The Balaban J connectivity index is 1.56. The van der Waals surface area contributed by atoms with Crippen molar-refractivity contribution in [2.45, 2.75) is 13.8 Å². The molecular formula is C28H23BrClN3O6. The molecule has 0 aliphatic carbocycles. The molecule has 11 heteroatoms. The van der Waals surface area contributed by atoms with Gasteiger partial charge in [0, 0.05) is 10.7 Å². The topological polar surface area (TPSA) is 114 Å². The number of aryl methyl sites for hydroxylation is 1. The molecule has 4 rings (SSSR count). The molecule has 1 saturated heterocycles. The number of carbonyl (C=O) groups is 4. The van der Waals surface area contributed by atoms with Crippen LogP contribution in [-0.2, 0) is 14.4 Å². The number of methoxy groups -OCH3 is 1. The minimum atomic E-state index is -0.883. The van der Waals surface area contributed by atoms with Crippen LogP contribution in [0.2, 0.25) is 5.02 Å². The van der Waals surface area contributed by atoms with Gasteiger partial charge in [0.25, 0.3) is 17.7 Å². The predicted octanol–water partition coefficient (Wildman–Crippen LogP) is 5.41. The monoisotopic (exact) mass is 611 g/mol. The first-order valence-electron chi connectivity index (χ1n) is 11.6. The van der Waals surface area contributed by atoms with Crippen molar-refractivity contribution < 1.29 is 28.7 Å². The summed E-state index contributed by atoms with van der Waals surface area (Å²) < 4.78 is 11.6. The van der Waals surface area contributed by atoms with Gasteiger partial charge in [-0.15, -0.1) is 0 Å². The van der Waals surface area contributed by atoms with Crippen LogP contribution in [0.4, 0.5) is 16.2 Å². The highest BCUT2D eigenvalue weighted by atomic mass is 79.9. The second kappa shape index (κ2) is 11.7. The Kier molecular flexibility index (Phi) is 8.37. The minimum absolute atomic E-state index is 0.213. The summed E-state index contributed by atoms with van der Waals surface area (Å²) in [4.78, 5) is 51.5. The second-order valence-electron chi connectivity index (χ2n) is 8.56. The maximum absolute atomic E-state index is 13.2. The summed E-state index contributed by atoms with van der Waals surface area (Å²) >= 11 is 9.42. The van der Waals surface area contributed by atoms with Crippen LogP contribution < -0.4 is 25.0 Å². The lowest BCUT2D eigenvalue weighted by Gasteiger charge is -2.26. The molecule has 0 bridgehead atoms. The van der Waals surface area contributed by atoms with Crippen LogP contribution in [0.25, 0.3) is 6.08 Å². The van der Waals surface area contributed by atoms with E-state index in [4.69, 9.17) is 21.1 Å². The maximum atomic E-state index is 13.2. The molecule has 39 heavy (non-hydrogen) atoms. The molecule has 1 heterocycles. The summed E-state index contributed by atoms with van der Waals surface area (Å²) in [5.41, 5.74) is 3.05. The first kappa shape index (κ1) is 27.9. The molecule has 0 saturated carbocycles. The van der Waals surface area contributed by atoms with Gasteiger partial charge in [0.1, 0.15) is 5.57 Å². The number of anilines is 2. The number of hydrogen-bond donors (Lipinski definition) is 2. The molecule has 0 atom stereocenters. The quantitative estimate of drug-likeness (QED) is 0.272. The number of urea groups is 1. The highest BCUT2D eigenvalue weighted by Crippen LogP contribution is 2.37. The van der Waals surface area contributed by atoms with Gasteiger partial charge in [0.05, 0.1) is 17.3 Å². The molecule has 2 N–H and O–H groups in total. The van der Waals surface area contributed by atoms with E-state index in [1.807, 2.05) is 32.0 Å². The first-order valence-corrected chi connectivity index (χ1v) is 12.8. The Morgan fingerprint density at radius 1 is 1.10 bits per heavy atom. The highest BCUT2D eigenvalue weighted by Gasteiger charge is 2.37. The summed E-state index contributed by atoms with van der Waals surface area (Å²) in [6, 6.07) is 14.0. The molecule has 1 aliphatic rings. The highest BCUT2D eigenvalue weighted by molar-refractivity contribution is 9.10. The summed E-state index contributed by atoms with van der Waals surface area (Å²) in [7, 11) is 1.42. The lowest BCUT2D eigenvalue weighted by atomic mass is 10.1. The number of carbonyl (C=O) groups excluding carboxylic acids is 4. The Morgan fingerprint density at radius 3 is 2.56 bits per heavy atom. The van der Waals surface area contributed by atoms with Gasteiger partial charge in [0.2, 0.25) is 0 Å². The van der Waals surface area contributed by atoms with Gasteiger partial charge in [0.15, 0.2) is 18.1 Å².